The van der Waals surface area contributed by atoms with Gasteiger partial charge in [0, 0.05) is 13.1 Å². The van der Waals surface area contributed by atoms with Gasteiger partial charge in [-0.05, 0) is 38.4 Å². The number of fused-ring (bicyclic) bond motifs is 1. The quantitative estimate of drug-likeness (QED) is 0.595. The maximum atomic E-state index is 14.0. The number of benzene rings is 2. The van der Waals surface area contributed by atoms with E-state index in [-0.39, 0.29) is 30.7 Å². The summed E-state index contributed by atoms with van der Waals surface area (Å²) in [6, 6.07) is 14.0. The number of hydrogen-bond acceptors (Lipinski definition) is 5. The highest BCUT2D eigenvalue weighted by molar-refractivity contribution is 7.22. The first-order valence-corrected chi connectivity index (χ1v) is 9.04. The number of nitrogens with zero attached hydrogens (tertiary/aromatic N) is 3. The van der Waals surface area contributed by atoms with Crippen LogP contribution in [-0.4, -0.2) is 49.6 Å². The molecule has 0 radical (unpaired) electrons. The Balaban J connectivity index is 0.00000261. The van der Waals surface area contributed by atoms with Crippen LogP contribution >= 0.6 is 23.7 Å². The van der Waals surface area contributed by atoms with E-state index >= 15 is 0 Å². The average molecular weight is 410 g/mol. The van der Waals surface area contributed by atoms with Crippen molar-refractivity contribution in [2.45, 2.75) is 0 Å². The molecule has 0 aliphatic rings. The first kappa shape index (κ1) is 21.1. The van der Waals surface area contributed by atoms with Gasteiger partial charge in [-0.1, -0.05) is 35.6 Å². The van der Waals surface area contributed by atoms with Gasteiger partial charge >= 0.3 is 0 Å². The van der Waals surface area contributed by atoms with E-state index in [1.807, 2.05) is 37.2 Å². The molecule has 2 aromatic carbocycles. The van der Waals surface area contributed by atoms with Crippen LogP contribution in [0.1, 0.15) is 0 Å². The number of para-hydroxylation sites is 2. The highest BCUT2D eigenvalue weighted by Crippen LogP contribution is 2.30. The summed E-state index contributed by atoms with van der Waals surface area (Å²) in [4.78, 5) is 20.6. The van der Waals surface area contributed by atoms with Crippen molar-refractivity contribution in [2.24, 2.45) is 0 Å². The summed E-state index contributed by atoms with van der Waals surface area (Å²) in [5.74, 6) is 0.0319. The summed E-state index contributed by atoms with van der Waals surface area (Å²) in [6.07, 6.45) is 0. The van der Waals surface area contributed by atoms with Gasteiger partial charge in [-0.3, -0.25) is 9.69 Å². The van der Waals surface area contributed by atoms with Crippen molar-refractivity contribution >= 4 is 45.0 Å². The van der Waals surface area contributed by atoms with Crippen molar-refractivity contribution in [1.82, 2.24) is 9.88 Å². The lowest BCUT2D eigenvalue weighted by molar-refractivity contribution is -0.120. The molecule has 5 nitrogen and oxygen atoms in total. The fourth-order valence-electron chi connectivity index (χ4n) is 2.39. The SMILES string of the molecule is CN(C)CCN(C(=O)COc1ccccc1)c1nc2c(F)cccc2s1.Cl. The van der Waals surface area contributed by atoms with E-state index < -0.39 is 0 Å². The summed E-state index contributed by atoms with van der Waals surface area (Å²) in [5, 5.41) is 0.480. The van der Waals surface area contributed by atoms with Crippen LogP contribution in [0, 0.1) is 5.82 Å². The molecule has 1 aromatic heterocycles. The third kappa shape index (κ3) is 5.38. The molecule has 0 unspecified atom stereocenters. The van der Waals surface area contributed by atoms with E-state index in [1.54, 1.807) is 29.2 Å². The number of rotatable bonds is 7. The first-order valence-electron chi connectivity index (χ1n) is 8.22. The molecule has 3 aromatic rings. The van der Waals surface area contributed by atoms with Gasteiger partial charge in [-0.2, -0.15) is 0 Å². The van der Waals surface area contributed by atoms with Crippen molar-refractivity contribution < 1.29 is 13.9 Å². The minimum Gasteiger partial charge on any atom is -0.484 e. The molecule has 0 saturated carbocycles. The van der Waals surface area contributed by atoms with Gasteiger partial charge in [0.15, 0.2) is 11.7 Å². The minimum atomic E-state index is -0.384. The van der Waals surface area contributed by atoms with Gasteiger partial charge in [0.1, 0.15) is 17.1 Å². The highest BCUT2D eigenvalue weighted by Gasteiger charge is 2.21. The topological polar surface area (TPSA) is 45.7 Å². The molecule has 1 heterocycles. The van der Waals surface area contributed by atoms with Crippen LogP contribution in [0.3, 0.4) is 0 Å². The highest BCUT2D eigenvalue weighted by atomic mass is 35.5. The summed E-state index contributed by atoms with van der Waals surface area (Å²) < 4.78 is 20.2. The van der Waals surface area contributed by atoms with Crippen molar-refractivity contribution in [3.63, 3.8) is 0 Å². The Hall–Kier alpha value is -2.22. The molecule has 0 spiro atoms. The Labute approximate surface area is 167 Å². The van der Waals surface area contributed by atoms with E-state index in [9.17, 15) is 9.18 Å². The zero-order valence-electron chi connectivity index (χ0n) is 15.1. The number of likely N-dealkylation sites (N-methyl/N-ethyl adjacent to an activating group) is 1. The molecule has 0 aliphatic heterocycles. The number of amides is 1. The lowest BCUT2D eigenvalue weighted by Crippen LogP contribution is -2.39. The largest absolute Gasteiger partial charge is 0.484 e. The normalized spacial score (nSPS) is 10.7. The molecule has 27 heavy (non-hydrogen) atoms. The molecule has 0 fully saturated rings. The van der Waals surface area contributed by atoms with Gasteiger partial charge in [0.05, 0.1) is 4.70 Å². The van der Waals surface area contributed by atoms with Crippen LogP contribution in [0.4, 0.5) is 9.52 Å². The van der Waals surface area contributed by atoms with E-state index in [2.05, 4.69) is 4.98 Å². The standard InChI is InChI=1S/C19H20FN3O2S.ClH/c1-22(2)11-12-23(17(24)13-25-14-7-4-3-5-8-14)19-21-18-15(20)9-6-10-16(18)26-19;/h3-10H,11-13H2,1-2H3;1H. The molecular weight excluding hydrogens is 389 g/mol. The Morgan fingerprint density at radius 2 is 1.85 bits per heavy atom. The van der Waals surface area contributed by atoms with Crippen LogP contribution in [0.2, 0.25) is 0 Å². The minimum absolute atomic E-state index is 0. The molecule has 0 atom stereocenters. The second-order valence-corrected chi connectivity index (χ2v) is 7.04. The molecular formula is C19H21ClFN3O2S. The Bertz CT molecular complexity index is 889. The zero-order valence-corrected chi connectivity index (χ0v) is 16.7. The lowest BCUT2D eigenvalue weighted by atomic mass is 10.3. The third-order valence-corrected chi connectivity index (χ3v) is 4.81. The molecule has 0 saturated heterocycles. The summed E-state index contributed by atoms with van der Waals surface area (Å²) >= 11 is 1.30. The Morgan fingerprint density at radius 3 is 2.52 bits per heavy atom. The molecule has 0 aliphatic carbocycles. The Morgan fingerprint density at radius 1 is 1.11 bits per heavy atom. The number of halogens is 2. The monoisotopic (exact) mass is 409 g/mol. The molecule has 3 rings (SSSR count). The van der Waals surface area contributed by atoms with Crippen LogP contribution in [0.15, 0.2) is 48.5 Å². The van der Waals surface area contributed by atoms with E-state index in [1.165, 1.54) is 17.4 Å². The second kappa shape index (κ2) is 9.64. The summed E-state index contributed by atoms with van der Waals surface area (Å²) in [6.45, 7) is 1.01. The molecule has 0 N–H and O–H groups in total. The van der Waals surface area contributed by atoms with E-state index in [0.717, 1.165) is 0 Å². The number of anilines is 1. The van der Waals surface area contributed by atoms with Crippen molar-refractivity contribution in [3.05, 3.63) is 54.3 Å². The number of thiazole rings is 1. The molecule has 8 heteroatoms. The fourth-order valence-corrected chi connectivity index (χ4v) is 3.41. The van der Waals surface area contributed by atoms with Gasteiger partial charge in [-0.25, -0.2) is 9.37 Å². The van der Waals surface area contributed by atoms with Gasteiger partial charge in [0.2, 0.25) is 0 Å². The van der Waals surface area contributed by atoms with Crippen LogP contribution < -0.4 is 9.64 Å². The smallest absolute Gasteiger partial charge is 0.266 e. The van der Waals surface area contributed by atoms with Crippen LogP contribution in [0.5, 0.6) is 5.75 Å². The van der Waals surface area contributed by atoms with Gasteiger partial charge < -0.3 is 9.64 Å². The maximum absolute atomic E-state index is 14.0. The van der Waals surface area contributed by atoms with E-state index in [0.29, 0.717) is 34.2 Å². The number of carbonyl (C=O) groups is 1. The van der Waals surface area contributed by atoms with Crippen molar-refractivity contribution in [2.75, 3.05) is 38.7 Å². The van der Waals surface area contributed by atoms with Crippen molar-refractivity contribution in [3.8, 4) is 5.75 Å². The number of carbonyl (C=O) groups excluding carboxylic acids is 1. The van der Waals surface area contributed by atoms with Gasteiger partial charge in [0.25, 0.3) is 5.91 Å². The number of ether oxygens (including phenoxy) is 1. The van der Waals surface area contributed by atoms with E-state index in [4.69, 9.17) is 4.74 Å². The molecule has 1 amide bonds. The predicted octanol–water partition coefficient (Wildman–Crippen LogP) is 3.83. The zero-order chi connectivity index (χ0) is 18.5. The summed E-state index contributed by atoms with van der Waals surface area (Å²) in [5.41, 5.74) is 0.291. The van der Waals surface area contributed by atoms with Gasteiger partial charge in [-0.15, -0.1) is 12.4 Å². The molecule has 0 bridgehead atoms. The number of aromatic nitrogens is 1. The second-order valence-electron chi connectivity index (χ2n) is 6.03. The predicted molar refractivity (Wildman–Crippen MR) is 110 cm³/mol. The van der Waals surface area contributed by atoms with Crippen LogP contribution in [0.25, 0.3) is 10.2 Å². The first-order chi connectivity index (χ1) is 12.5. The Kier molecular flexibility index (Phi) is 7.53. The van der Waals surface area contributed by atoms with Crippen molar-refractivity contribution in [1.29, 1.82) is 0 Å². The maximum Gasteiger partial charge on any atom is 0.266 e. The molecule has 144 valence electrons. The average Bonchev–Trinajstić information content (AvgIpc) is 3.06. The third-order valence-electron chi connectivity index (χ3n) is 3.77. The number of hydrogen-bond donors (Lipinski definition) is 0. The lowest BCUT2D eigenvalue weighted by Gasteiger charge is -2.22. The summed E-state index contributed by atoms with van der Waals surface area (Å²) in [7, 11) is 3.86. The fraction of sp³-hybridized carbons (Fsp3) is 0.263. The van der Waals surface area contributed by atoms with Crippen LogP contribution in [-0.2, 0) is 4.79 Å².